The largest absolute Gasteiger partial charge is 0.340 e. The van der Waals surface area contributed by atoms with E-state index < -0.39 is 0 Å². The minimum absolute atomic E-state index is 0.147. The van der Waals surface area contributed by atoms with Crippen LogP contribution in [0.25, 0.3) is 0 Å². The van der Waals surface area contributed by atoms with Crippen LogP contribution in [0.5, 0.6) is 0 Å². The fourth-order valence-electron chi connectivity index (χ4n) is 1.85. The zero-order valence-corrected chi connectivity index (χ0v) is 13.6. The molecule has 0 fully saturated rings. The average Bonchev–Trinajstić information content (AvgIpc) is 2.45. The highest BCUT2D eigenvalue weighted by atomic mass is 16.2. The zero-order chi connectivity index (χ0) is 16.0. The Balaban J connectivity index is 2.86. The molecule has 0 bridgehead atoms. The molecule has 21 heavy (non-hydrogen) atoms. The van der Waals surface area contributed by atoms with Gasteiger partial charge in [0.25, 0.3) is 5.91 Å². The van der Waals surface area contributed by atoms with Crippen molar-refractivity contribution < 1.29 is 4.79 Å². The summed E-state index contributed by atoms with van der Waals surface area (Å²) in [6, 6.07) is 0. The van der Waals surface area contributed by atoms with Gasteiger partial charge in [0.15, 0.2) is 5.69 Å². The van der Waals surface area contributed by atoms with Crippen molar-refractivity contribution in [3.8, 4) is 0 Å². The van der Waals surface area contributed by atoms with Crippen molar-refractivity contribution in [1.82, 2.24) is 19.8 Å². The predicted octanol–water partition coefficient (Wildman–Crippen LogP) is 0.909. The Morgan fingerprint density at radius 2 is 2.00 bits per heavy atom. The lowest BCUT2D eigenvalue weighted by Crippen LogP contribution is -2.31. The number of hydrazine groups is 1. The molecule has 0 aliphatic rings. The molecule has 7 heteroatoms. The van der Waals surface area contributed by atoms with E-state index in [0.717, 1.165) is 13.0 Å². The lowest BCUT2D eigenvalue weighted by atomic mass is 10.2. The van der Waals surface area contributed by atoms with Crippen LogP contribution in [0, 0.1) is 0 Å². The van der Waals surface area contributed by atoms with Gasteiger partial charge < -0.3 is 15.2 Å². The number of carbonyl (C=O) groups is 1. The van der Waals surface area contributed by atoms with Crippen molar-refractivity contribution in [3.05, 3.63) is 17.7 Å². The SMILES string of the molecule is CC(C)c1ncc(NN)c(C(=O)N(C)CCCN(C)C)n1. The predicted molar refractivity (Wildman–Crippen MR) is 84.1 cm³/mol. The molecule has 0 radical (unpaired) electrons. The van der Waals surface area contributed by atoms with Crippen molar-refractivity contribution in [1.29, 1.82) is 0 Å². The molecule has 7 nitrogen and oxygen atoms in total. The Kier molecular flexibility index (Phi) is 6.51. The highest BCUT2D eigenvalue weighted by Crippen LogP contribution is 2.17. The molecule has 118 valence electrons. The molecule has 1 aromatic rings. The number of rotatable bonds is 7. The number of nitrogens with one attached hydrogen (secondary N) is 1. The highest BCUT2D eigenvalue weighted by Gasteiger charge is 2.19. The fraction of sp³-hybridized carbons (Fsp3) is 0.643. The number of hydrogen-bond donors (Lipinski definition) is 2. The van der Waals surface area contributed by atoms with Gasteiger partial charge in [0.1, 0.15) is 5.82 Å². The van der Waals surface area contributed by atoms with E-state index in [1.165, 1.54) is 0 Å². The van der Waals surface area contributed by atoms with Gasteiger partial charge in [-0.25, -0.2) is 9.97 Å². The molecule has 0 atom stereocenters. The molecular weight excluding hydrogens is 268 g/mol. The molecule has 0 spiro atoms. The number of amides is 1. The van der Waals surface area contributed by atoms with Crippen molar-refractivity contribution in [2.75, 3.05) is 39.7 Å². The van der Waals surface area contributed by atoms with Gasteiger partial charge in [-0.15, -0.1) is 0 Å². The molecule has 3 N–H and O–H groups in total. The van der Waals surface area contributed by atoms with Crippen LogP contribution in [-0.2, 0) is 0 Å². The molecular formula is C14H26N6O. The summed E-state index contributed by atoms with van der Waals surface area (Å²) in [6.45, 7) is 5.57. The molecule has 0 saturated heterocycles. The minimum Gasteiger partial charge on any atom is -0.340 e. The summed E-state index contributed by atoms with van der Waals surface area (Å²) in [5, 5.41) is 0. The second-order valence-corrected chi connectivity index (χ2v) is 5.67. The number of nitrogen functional groups attached to an aromatic ring is 1. The van der Waals surface area contributed by atoms with E-state index in [-0.39, 0.29) is 11.8 Å². The Hall–Kier alpha value is -1.73. The number of hydrogen-bond acceptors (Lipinski definition) is 6. The fourth-order valence-corrected chi connectivity index (χ4v) is 1.85. The number of aromatic nitrogens is 2. The zero-order valence-electron chi connectivity index (χ0n) is 13.6. The number of nitrogens with two attached hydrogens (primary N) is 1. The molecule has 0 aromatic carbocycles. The van der Waals surface area contributed by atoms with E-state index in [9.17, 15) is 4.79 Å². The second kappa shape index (κ2) is 7.90. The summed E-state index contributed by atoms with van der Waals surface area (Å²) >= 11 is 0. The Labute approximate surface area is 126 Å². The first-order valence-electron chi connectivity index (χ1n) is 7.10. The monoisotopic (exact) mass is 294 g/mol. The van der Waals surface area contributed by atoms with E-state index >= 15 is 0 Å². The lowest BCUT2D eigenvalue weighted by Gasteiger charge is -2.20. The van der Waals surface area contributed by atoms with E-state index in [0.29, 0.717) is 23.8 Å². The number of carbonyl (C=O) groups excluding carboxylic acids is 1. The van der Waals surface area contributed by atoms with Gasteiger partial charge in [0.05, 0.1) is 11.9 Å². The van der Waals surface area contributed by atoms with Crippen molar-refractivity contribution in [2.24, 2.45) is 5.84 Å². The van der Waals surface area contributed by atoms with Crippen LogP contribution < -0.4 is 11.3 Å². The third-order valence-electron chi connectivity index (χ3n) is 3.13. The van der Waals surface area contributed by atoms with Crippen molar-refractivity contribution >= 4 is 11.6 Å². The summed E-state index contributed by atoms with van der Waals surface area (Å²) in [5.41, 5.74) is 3.26. The van der Waals surface area contributed by atoms with Crippen LogP contribution in [0.3, 0.4) is 0 Å². The molecule has 0 unspecified atom stereocenters. The van der Waals surface area contributed by atoms with E-state index in [1.807, 2.05) is 27.9 Å². The first-order chi connectivity index (χ1) is 9.86. The first kappa shape index (κ1) is 17.3. The number of nitrogens with zero attached hydrogens (tertiary/aromatic N) is 4. The Morgan fingerprint density at radius 3 is 2.52 bits per heavy atom. The normalized spacial score (nSPS) is 11.0. The highest BCUT2D eigenvalue weighted by molar-refractivity contribution is 5.97. The van der Waals surface area contributed by atoms with Crippen molar-refractivity contribution in [2.45, 2.75) is 26.2 Å². The van der Waals surface area contributed by atoms with Gasteiger partial charge in [-0.2, -0.15) is 0 Å². The minimum atomic E-state index is -0.147. The molecule has 1 amide bonds. The topological polar surface area (TPSA) is 87.4 Å². The third kappa shape index (κ3) is 4.95. The summed E-state index contributed by atoms with van der Waals surface area (Å²) in [4.78, 5) is 24.8. The summed E-state index contributed by atoms with van der Waals surface area (Å²) in [6.07, 6.45) is 2.46. The quantitative estimate of drug-likeness (QED) is 0.574. The standard InChI is InChI=1S/C14H26N6O/c1-10(2)13-16-9-11(18-15)12(17-13)14(21)20(5)8-6-7-19(3)4/h9-10,18H,6-8,15H2,1-5H3. The van der Waals surface area contributed by atoms with Crippen LogP contribution in [-0.4, -0.2) is 59.9 Å². The van der Waals surface area contributed by atoms with Crippen LogP contribution in [0.1, 0.15) is 42.5 Å². The molecule has 1 aromatic heterocycles. The van der Waals surface area contributed by atoms with Gasteiger partial charge in [-0.3, -0.25) is 10.6 Å². The second-order valence-electron chi connectivity index (χ2n) is 5.67. The Morgan fingerprint density at radius 1 is 1.33 bits per heavy atom. The van der Waals surface area contributed by atoms with Crippen molar-refractivity contribution in [3.63, 3.8) is 0 Å². The van der Waals surface area contributed by atoms with E-state index in [1.54, 1.807) is 18.1 Å². The maximum atomic E-state index is 12.5. The van der Waals surface area contributed by atoms with Crippen LogP contribution >= 0.6 is 0 Å². The average molecular weight is 294 g/mol. The summed E-state index contributed by atoms with van der Waals surface area (Å²) in [7, 11) is 5.80. The molecule has 1 rings (SSSR count). The lowest BCUT2D eigenvalue weighted by molar-refractivity contribution is 0.0785. The third-order valence-corrected chi connectivity index (χ3v) is 3.13. The van der Waals surface area contributed by atoms with Crippen LogP contribution in [0.2, 0.25) is 0 Å². The van der Waals surface area contributed by atoms with Gasteiger partial charge in [0, 0.05) is 19.5 Å². The molecule has 0 saturated carbocycles. The van der Waals surface area contributed by atoms with Crippen LogP contribution in [0.15, 0.2) is 6.20 Å². The maximum absolute atomic E-state index is 12.5. The van der Waals surface area contributed by atoms with Gasteiger partial charge in [-0.05, 0) is 27.1 Å². The summed E-state index contributed by atoms with van der Waals surface area (Å²) < 4.78 is 0. The van der Waals surface area contributed by atoms with E-state index in [2.05, 4.69) is 20.3 Å². The van der Waals surface area contributed by atoms with Crippen LogP contribution in [0.4, 0.5) is 5.69 Å². The number of anilines is 1. The molecule has 0 aliphatic heterocycles. The molecule has 0 aliphatic carbocycles. The Bertz CT molecular complexity index is 475. The van der Waals surface area contributed by atoms with Gasteiger partial charge in [0.2, 0.25) is 0 Å². The summed E-state index contributed by atoms with van der Waals surface area (Å²) in [5.74, 6) is 6.09. The van der Waals surface area contributed by atoms with Gasteiger partial charge in [-0.1, -0.05) is 13.8 Å². The van der Waals surface area contributed by atoms with Gasteiger partial charge >= 0.3 is 0 Å². The smallest absolute Gasteiger partial charge is 0.274 e. The molecule has 1 heterocycles. The van der Waals surface area contributed by atoms with E-state index in [4.69, 9.17) is 5.84 Å². The first-order valence-corrected chi connectivity index (χ1v) is 7.10. The maximum Gasteiger partial charge on any atom is 0.274 e.